The van der Waals surface area contributed by atoms with Crippen molar-refractivity contribution >= 4 is 41.3 Å². The first-order valence-corrected chi connectivity index (χ1v) is 7.97. The second kappa shape index (κ2) is 10.4. The third kappa shape index (κ3) is 6.30. The lowest BCUT2D eigenvalue weighted by Crippen LogP contribution is -2.36. The predicted octanol–water partition coefficient (Wildman–Crippen LogP) is 2.73. The summed E-state index contributed by atoms with van der Waals surface area (Å²) < 4.78 is 5.52. The molecule has 2 heterocycles. The van der Waals surface area contributed by atoms with Gasteiger partial charge in [-0.25, -0.2) is 9.97 Å². The highest BCUT2D eigenvalue weighted by Gasteiger charge is 2.06. The molecule has 0 aliphatic rings. The van der Waals surface area contributed by atoms with Crippen LogP contribution in [0.15, 0.2) is 29.5 Å². The zero-order valence-corrected chi connectivity index (χ0v) is 16.6. The summed E-state index contributed by atoms with van der Waals surface area (Å²) in [5.41, 5.74) is 0.998. The minimum atomic E-state index is 0. The van der Waals surface area contributed by atoms with Gasteiger partial charge in [0.2, 0.25) is 5.88 Å². The van der Waals surface area contributed by atoms with E-state index < -0.39 is 0 Å². The van der Waals surface area contributed by atoms with Crippen molar-refractivity contribution in [3.8, 4) is 5.88 Å². The van der Waals surface area contributed by atoms with Crippen LogP contribution in [0.5, 0.6) is 5.88 Å². The Morgan fingerprint density at radius 2 is 2.09 bits per heavy atom. The van der Waals surface area contributed by atoms with E-state index in [4.69, 9.17) is 4.74 Å². The van der Waals surface area contributed by atoms with Crippen LogP contribution in [0.3, 0.4) is 0 Å². The zero-order valence-electron chi connectivity index (χ0n) is 13.5. The van der Waals surface area contributed by atoms with Crippen LogP contribution in [0.2, 0.25) is 0 Å². The topological polar surface area (TPSA) is 71.4 Å². The Balaban J connectivity index is 0.00000264. The van der Waals surface area contributed by atoms with Crippen molar-refractivity contribution in [2.45, 2.75) is 26.9 Å². The van der Waals surface area contributed by atoms with Gasteiger partial charge in [-0.15, -0.1) is 35.3 Å². The van der Waals surface area contributed by atoms with Crippen LogP contribution in [0.25, 0.3) is 0 Å². The van der Waals surface area contributed by atoms with E-state index in [-0.39, 0.29) is 24.0 Å². The molecular formula is C15H22IN5OS. The third-order valence-electron chi connectivity index (χ3n) is 2.88. The van der Waals surface area contributed by atoms with E-state index in [9.17, 15) is 0 Å². The van der Waals surface area contributed by atoms with Gasteiger partial charge in [0, 0.05) is 36.4 Å². The van der Waals surface area contributed by atoms with E-state index in [2.05, 4.69) is 25.6 Å². The summed E-state index contributed by atoms with van der Waals surface area (Å²) in [6, 6.07) is 3.89. The number of thiazole rings is 1. The molecule has 0 bridgehead atoms. The number of pyridine rings is 1. The van der Waals surface area contributed by atoms with Gasteiger partial charge in [0.05, 0.1) is 13.2 Å². The van der Waals surface area contributed by atoms with Crippen molar-refractivity contribution in [1.82, 2.24) is 20.6 Å². The number of guanidine groups is 1. The normalized spacial score (nSPS) is 10.8. The van der Waals surface area contributed by atoms with Gasteiger partial charge in [-0.3, -0.25) is 4.99 Å². The van der Waals surface area contributed by atoms with Gasteiger partial charge >= 0.3 is 0 Å². The summed E-state index contributed by atoms with van der Waals surface area (Å²) in [7, 11) is 1.75. The Bertz CT molecular complexity index is 632. The van der Waals surface area contributed by atoms with Gasteiger partial charge in [-0.1, -0.05) is 6.07 Å². The molecule has 0 spiro atoms. The lowest BCUT2D eigenvalue weighted by molar-refractivity contribution is 0.322. The maximum atomic E-state index is 5.52. The van der Waals surface area contributed by atoms with Crippen LogP contribution in [0.4, 0.5) is 0 Å². The molecular weight excluding hydrogens is 425 g/mol. The number of hydrogen-bond donors (Lipinski definition) is 2. The minimum Gasteiger partial charge on any atom is -0.478 e. The second-order valence-electron chi connectivity index (χ2n) is 4.54. The lowest BCUT2D eigenvalue weighted by Gasteiger charge is -2.13. The fraction of sp³-hybridized carbons (Fsp3) is 0.400. The smallest absolute Gasteiger partial charge is 0.218 e. The summed E-state index contributed by atoms with van der Waals surface area (Å²) in [6.45, 7) is 5.85. The highest BCUT2D eigenvalue weighted by Crippen LogP contribution is 2.13. The molecule has 23 heavy (non-hydrogen) atoms. The summed E-state index contributed by atoms with van der Waals surface area (Å²) in [4.78, 5) is 14.0. The van der Waals surface area contributed by atoms with Gasteiger partial charge in [0.15, 0.2) is 5.96 Å². The number of nitrogens with one attached hydrogen (secondary N) is 2. The van der Waals surface area contributed by atoms with Crippen molar-refractivity contribution in [3.05, 3.63) is 40.0 Å². The van der Waals surface area contributed by atoms with Gasteiger partial charge < -0.3 is 15.4 Å². The molecule has 0 aliphatic heterocycles. The highest BCUT2D eigenvalue weighted by atomic mass is 127. The fourth-order valence-electron chi connectivity index (χ4n) is 1.87. The monoisotopic (exact) mass is 447 g/mol. The van der Waals surface area contributed by atoms with Crippen molar-refractivity contribution in [2.75, 3.05) is 13.7 Å². The first-order valence-electron chi connectivity index (χ1n) is 7.15. The number of aryl methyl sites for hydroxylation is 1. The number of ether oxygens (including phenoxy) is 1. The van der Waals surface area contributed by atoms with Crippen LogP contribution < -0.4 is 15.4 Å². The summed E-state index contributed by atoms with van der Waals surface area (Å²) in [5, 5.41) is 7.54. The number of aromatic nitrogens is 2. The van der Waals surface area contributed by atoms with Crippen LogP contribution in [-0.2, 0) is 13.1 Å². The molecule has 0 unspecified atom stereocenters. The first kappa shape index (κ1) is 19.6. The fourth-order valence-corrected chi connectivity index (χ4v) is 2.59. The maximum Gasteiger partial charge on any atom is 0.218 e. The van der Waals surface area contributed by atoms with E-state index in [1.165, 1.54) is 4.88 Å². The quantitative estimate of drug-likeness (QED) is 0.405. The third-order valence-corrected chi connectivity index (χ3v) is 3.79. The molecule has 0 atom stereocenters. The Labute approximate surface area is 157 Å². The molecule has 0 amide bonds. The number of halogens is 1. The molecule has 0 aromatic carbocycles. The molecule has 0 aliphatic carbocycles. The van der Waals surface area contributed by atoms with Crippen LogP contribution >= 0.6 is 35.3 Å². The van der Waals surface area contributed by atoms with E-state index in [0.717, 1.165) is 16.5 Å². The van der Waals surface area contributed by atoms with Gasteiger partial charge in [-0.05, 0) is 19.9 Å². The SMILES string of the molecule is CCOc1ncccc1CNC(=NC)NCc1ncc(C)s1.I. The lowest BCUT2D eigenvalue weighted by atomic mass is 10.2. The number of hydrogen-bond acceptors (Lipinski definition) is 5. The Morgan fingerprint density at radius 3 is 2.74 bits per heavy atom. The summed E-state index contributed by atoms with van der Waals surface area (Å²) >= 11 is 1.68. The minimum absolute atomic E-state index is 0. The maximum absolute atomic E-state index is 5.52. The van der Waals surface area contributed by atoms with Crippen molar-refractivity contribution < 1.29 is 4.74 Å². The molecule has 2 N–H and O–H groups in total. The molecule has 2 aromatic heterocycles. The van der Waals surface area contributed by atoms with Crippen LogP contribution in [0.1, 0.15) is 22.4 Å². The molecule has 8 heteroatoms. The van der Waals surface area contributed by atoms with Gasteiger partial charge in [0.1, 0.15) is 5.01 Å². The summed E-state index contributed by atoms with van der Waals surface area (Å²) in [5.74, 6) is 1.38. The Kier molecular flexibility index (Phi) is 8.85. The number of nitrogens with zero attached hydrogens (tertiary/aromatic N) is 3. The van der Waals surface area contributed by atoms with Gasteiger partial charge in [0.25, 0.3) is 0 Å². The molecule has 0 fully saturated rings. The van der Waals surface area contributed by atoms with E-state index >= 15 is 0 Å². The van der Waals surface area contributed by atoms with Gasteiger partial charge in [-0.2, -0.15) is 0 Å². The highest BCUT2D eigenvalue weighted by molar-refractivity contribution is 14.0. The van der Waals surface area contributed by atoms with Crippen LogP contribution in [-0.4, -0.2) is 29.6 Å². The summed E-state index contributed by atoms with van der Waals surface area (Å²) in [6.07, 6.45) is 3.61. The van der Waals surface area contributed by atoms with E-state index in [1.807, 2.05) is 32.2 Å². The van der Waals surface area contributed by atoms with Crippen molar-refractivity contribution in [3.63, 3.8) is 0 Å². The van der Waals surface area contributed by atoms with E-state index in [1.54, 1.807) is 24.6 Å². The van der Waals surface area contributed by atoms with Crippen molar-refractivity contribution in [2.24, 2.45) is 4.99 Å². The van der Waals surface area contributed by atoms with E-state index in [0.29, 0.717) is 25.6 Å². The zero-order chi connectivity index (χ0) is 15.8. The number of rotatable bonds is 6. The average Bonchev–Trinajstić information content (AvgIpc) is 2.95. The van der Waals surface area contributed by atoms with Crippen molar-refractivity contribution in [1.29, 1.82) is 0 Å². The Hall–Kier alpha value is -1.42. The number of aliphatic imine (C=N–C) groups is 1. The largest absolute Gasteiger partial charge is 0.478 e. The molecule has 2 rings (SSSR count). The average molecular weight is 447 g/mol. The predicted molar refractivity (Wildman–Crippen MR) is 105 cm³/mol. The second-order valence-corrected chi connectivity index (χ2v) is 5.86. The van der Waals surface area contributed by atoms with Crippen LogP contribution in [0, 0.1) is 6.92 Å². The molecule has 0 radical (unpaired) electrons. The molecule has 0 saturated carbocycles. The Morgan fingerprint density at radius 1 is 1.30 bits per heavy atom. The molecule has 6 nitrogen and oxygen atoms in total. The molecule has 0 saturated heterocycles. The molecule has 2 aromatic rings. The standard InChI is InChI=1S/C15H21N5OS.HI/c1-4-21-14-12(6-5-7-17-14)9-19-15(16-3)20-10-13-18-8-11(2)22-13;/h5-8H,4,9-10H2,1-3H3,(H2,16,19,20);1H. The molecule has 126 valence electrons. The first-order chi connectivity index (χ1) is 10.7.